The molecule has 2 aromatic heterocycles. The lowest BCUT2D eigenvalue weighted by Crippen LogP contribution is -2.25. The van der Waals surface area contributed by atoms with Crippen molar-refractivity contribution in [3.8, 4) is 17.8 Å². The molecule has 0 spiro atoms. The first-order valence-electron chi connectivity index (χ1n) is 7.55. The van der Waals surface area contributed by atoms with Crippen LogP contribution in [0.4, 0.5) is 5.82 Å². The number of hydrogen-bond acceptors (Lipinski definition) is 7. The molecule has 0 atom stereocenters. The predicted octanol–water partition coefficient (Wildman–Crippen LogP) is 2.24. The van der Waals surface area contributed by atoms with Crippen molar-refractivity contribution in [3.05, 3.63) is 66.1 Å². The molecule has 4 rings (SSSR count). The summed E-state index contributed by atoms with van der Waals surface area (Å²) in [6.45, 7) is 0.132. The Kier molecular flexibility index (Phi) is 3.74. The number of aromatic nitrogens is 3. The van der Waals surface area contributed by atoms with Crippen molar-refractivity contribution in [2.24, 2.45) is 0 Å². The molecular formula is C17H11N5O3S. The zero-order valence-corrected chi connectivity index (χ0v) is 14.1. The maximum absolute atomic E-state index is 12.8. The molecule has 128 valence electrons. The van der Waals surface area contributed by atoms with E-state index in [2.05, 4.69) is 15.0 Å². The second kappa shape index (κ2) is 6.09. The van der Waals surface area contributed by atoms with Crippen LogP contribution in [-0.2, 0) is 16.6 Å². The van der Waals surface area contributed by atoms with E-state index in [9.17, 15) is 13.7 Å². The van der Waals surface area contributed by atoms with Crippen LogP contribution < -0.4 is 9.04 Å². The van der Waals surface area contributed by atoms with E-state index in [0.717, 1.165) is 4.31 Å². The van der Waals surface area contributed by atoms with Crippen LogP contribution in [0, 0.1) is 11.3 Å². The third-order valence-corrected chi connectivity index (χ3v) is 5.61. The van der Waals surface area contributed by atoms with Gasteiger partial charge in [-0.3, -0.25) is 4.98 Å². The number of rotatable bonds is 3. The van der Waals surface area contributed by atoms with Gasteiger partial charge in [-0.05, 0) is 23.8 Å². The van der Waals surface area contributed by atoms with E-state index in [1.165, 1.54) is 12.3 Å². The summed E-state index contributed by atoms with van der Waals surface area (Å²) in [5, 5.41) is 9.22. The van der Waals surface area contributed by atoms with Crippen LogP contribution >= 0.6 is 0 Å². The van der Waals surface area contributed by atoms with Gasteiger partial charge < -0.3 is 4.74 Å². The van der Waals surface area contributed by atoms with Crippen LogP contribution in [0.1, 0.15) is 11.3 Å². The van der Waals surface area contributed by atoms with Crippen LogP contribution in [0.2, 0.25) is 0 Å². The highest BCUT2D eigenvalue weighted by Gasteiger charge is 2.35. The summed E-state index contributed by atoms with van der Waals surface area (Å²) in [5.74, 6) is 0.452. The van der Waals surface area contributed by atoms with Gasteiger partial charge in [0.15, 0.2) is 5.82 Å². The van der Waals surface area contributed by atoms with Crippen LogP contribution in [0.25, 0.3) is 0 Å². The summed E-state index contributed by atoms with van der Waals surface area (Å²) in [7, 11) is -3.75. The summed E-state index contributed by atoms with van der Waals surface area (Å²) in [6.07, 6.45) is 3.05. The number of pyridine rings is 1. The summed E-state index contributed by atoms with van der Waals surface area (Å²) in [4.78, 5) is 12.3. The van der Waals surface area contributed by atoms with E-state index in [-0.39, 0.29) is 29.0 Å². The van der Waals surface area contributed by atoms with Crippen LogP contribution in [-0.4, -0.2) is 23.4 Å². The van der Waals surface area contributed by atoms with Crippen molar-refractivity contribution < 1.29 is 13.2 Å². The van der Waals surface area contributed by atoms with Crippen LogP contribution in [0.15, 0.2) is 59.8 Å². The topological polar surface area (TPSA) is 109 Å². The van der Waals surface area contributed by atoms with E-state index in [0.29, 0.717) is 11.3 Å². The molecule has 0 fully saturated rings. The number of benzene rings is 1. The van der Waals surface area contributed by atoms with Gasteiger partial charge in [-0.2, -0.15) is 15.2 Å². The van der Waals surface area contributed by atoms with Gasteiger partial charge in [0.25, 0.3) is 10.0 Å². The standard InChI is InChI=1S/C17H11N5O3S/c18-9-13-8-16(21-17(20-13)25-14-5-3-7-19-10-14)22-11-12-4-1-2-6-15(12)26(22,23)24/h1-8,10H,11H2. The second-order valence-electron chi connectivity index (χ2n) is 5.42. The fourth-order valence-electron chi connectivity index (χ4n) is 2.61. The van der Waals surface area contributed by atoms with Gasteiger partial charge in [-0.1, -0.05) is 18.2 Å². The molecule has 0 saturated carbocycles. The Morgan fingerprint density at radius 3 is 2.73 bits per heavy atom. The summed E-state index contributed by atoms with van der Waals surface area (Å²) in [6, 6.07) is 13.1. The van der Waals surface area contributed by atoms with Crippen molar-refractivity contribution >= 4 is 15.8 Å². The molecule has 0 radical (unpaired) electrons. The zero-order valence-electron chi connectivity index (χ0n) is 13.3. The molecule has 0 N–H and O–H groups in total. The number of hydrogen-bond donors (Lipinski definition) is 0. The first-order valence-corrected chi connectivity index (χ1v) is 8.99. The first-order chi connectivity index (χ1) is 12.6. The number of nitriles is 1. The molecule has 0 unspecified atom stereocenters. The monoisotopic (exact) mass is 365 g/mol. The van der Waals surface area contributed by atoms with Gasteiger partial charge in [-0.25, -0.2) is 12.7 Å². The Labute approximate surface area is 149 Å². The fraction of sp³-hybridized carbons (Fsp3) is 0.0588. The SMILES string of the molecule is N#Cc1cc(N2Cc3ccccc3S2(=O)=O)nc(Oc2cccnc2)n1. The molecule has 0 amide bonds. The maximum atomic E-state index is 12.8. The molecule has 3 heterocycles. The molecule has 9 heteroatoms. The minimum atomic E-state index is -3.75. The van der Waals surface area contributed by atoms with Crippen molar-refractivity contribution in [3.63, 3.8) is 0 Å². The lowest BCUT2D eigenvalue weighted by Gasteiger charge is -2.16. The van der Waals surface area contributed by atoms with Gasteiger partial charge in [0.05, 0.1) is 17.6 Å². The molecule has 8 nitrogen and oxygen atoms in total. The molecule has 3 aromatic rings. The number of ether oxygens (including phenoxy) is 1. The average molecular weight is 365 g/mol. The smallest absolute Gasteiger partial charge is 0.325 e. The van der Waals surface area contributed by atoms with Gasteiger partial charge in [0, 0.05) is 12.3 Å². The summed E-state index contributed by atoms with van der Waals surface area (Å²) in [5.41, 5.74) is 0.666. The Bertz CT molecular complexity index is 1130. The lowest BCUT2D eigenvalue weighted by atomic mass is 10.2. The Morgan fingerprint density at radius 2 is 2.00 bits per heavy atom. The number of fused-ring (bicyclic) bond motifs is 1. The molecule has 0 aliphatic carbocycles. The normalized spacial score (nSPS) is 14.5. The third kappa shape index (κ3) is 2.72. The van der Waals surface area contributed by atoms with Gasteiger partial charge >= 0.3 is 6.01 Å². The Hall–Kier alpha value is -3.51. The third-order valence-electron chi connectivity index (χ3n) is 3.76. The molecular weight excluding hydrogens is 354 g/mol. The minimum Gasteiger partial charge on any atom is -0.423 e. The highest BCUT2D eigenvalue weighted by molar-refractivity contribution is 7.93. The van der Waals surface area contributed by atoms with E-state index >= 15 is 0 Å². The van der Waals surface area contributed by atoms with E-state index in [1.807, 2.05) is 6.07 Å². The Morgan fingerprint density at radius 1 is 1.15 bits per heavy atom. The molecule has 1 aliphatic rings. The van der Waals surface area contributed by atoms with Gasteiger partial charge in [0.1, 0.15) is 17.5 Å². The van der Waals surface area contributed by atoms with Crippen LogP contribution in [0.5, 0.6) is 11.8 Å². The first kappa shape index (κ1) is 16.0. The number of anilines is 1. The minimum absolute atomic E-state index is 0.0000430. The Balaban J connectivity index is 1.76. The van der Waals surface area contributed by atoms with E-state index in [4.69, 9.17) is 4.74 Å². The van der Waals surface area contributed by atoms with Crippen molar-refractivity contribution in [1.29, 1.82) is 5.26 Å². The second-order valence-corrected chi connectivity index (χ2v) is 7.25. The quantitative estimate of drug-likeness (QED) is 0.700. The number of nitrogens with zero attached hydrogens (tertiary/aromatic N) is 5. The average Bonchev–Trinajstić information content (AvgIpc) is 2.93. The van der Waals surface area contributed by atoms with Crippen LogP contribution in [0.3, 0.4) is 0 Å². The van der Waals surface area contributed by atoms with Crippen molar-refractivity contribution in [1.82, 2.24) is 15.0 Å². The highest BCUT2D eigenvalue weighted by Crippen LogP contribution is 2.34. The highest BCUT2D eigenvalue weighted by atomic mass is 32.2. The van der Waals surface area contributed by atoms with Gasteiger partial charge in [-0.15, -0.1) is 0 Å². The molecule has 0 saturated heterocycles. The number of sulfonamides is 1. The molecule has 0 bridgehead atoms. The van der Waals surface area contributed by atoms with E-state index in [1.54, 1.807) is 42.6 Å². The maximum Gasteiger partial charge on any atom is 0.325 e. The van der Waals surface area contributed by atoms with Gasteiger partial charge in [0.2, 0.25) is 0 Å². The fourth-order valence-corrected chi connectivity index (χ4v) is 4.21. The summed E-state index contributed by atoms with van der Waals surface area (Å²) < 4.78 is 32.2. The zero-order chi connectivity index (χ0) is 18.1. The van der Waals surface area contributed by atoms with Crippen molar-refractivity contribution in [2.45, 2.75) is 11.4 Å². The van der Waals surface area contributed by atoms with E-state index < -0.39 is 10.0 Å². The molecule has 26 heavy (non-hydrogen) atoms. The van der Waals surface area contributed by atoms with Crippen molar-refractivity contribution in [2.75, 3.05) is 4.31 Å². The predicted molar refractivity (Wildman–Crippen MR) is 90.9 cm³/mol. The summed E-state index contributed by atoms with van der Waals surface area (Å²) >= 11 is 0. The largest absolute Gasteiger partial charge is 0.423 e. The molecule has 1 aliphatic heterocycles. The molecule has 1 aromatic carbocycles. The lowest BCUT2D eigenvalue weighted by molar-refractivity contribution is 0.439.